The summed E-state index contributed by atoms with van der Waals surface area (Å²) in [6, 6.07) is 52.7. The van der Waals surface area contributed by atoms with E-state index in [1.54, 1.807) is 0 Å². The molecular weight excluding hydrogens is 496 g/mol. The Hall–Kier alpha value is -5.40. The van der Waals surface area contributed by atoms with Gasteiger partial charge in [-0.2, -0.15) is 0 Å². The summed E-state index contributed by atoms with van der Waals surface area (Å²) in [6.07, 6.45) is 0. The van der Waals surface area contributed by atoms with E-state index in [1.165, 1.54) is 54.2 Å². The van der Waals surface area contributed by atoms with Gasteiger partial charge in [0.25, 0.3) is 0 Å². The van der Waals surface area contributed by atoms with E-state index in [9.17, 15) is 0 Å². The largest absolute Gasteiger partial charge is 0.455 e. The number of furan rings is 1. The van der Waals surface area contributed by atoms with E-state index >= 15 is 0 Å². The fraction of sp³-hybridized carbons (Fsp3) is 0. The molecule has 0 amide bonds. The molecule has 9 aromatic rings. The van der Waals surface area contributed by atoms with Gasteiger partial charge < -0.3 is 4.42 Å². The molecule has 190 valence electrons. The van der Waals surface area contributed by atoms with Gasteiger partial charge in [0.05, 0.1) is 0 Å². The van der Waals surface area contributed by atoms with E-state index in [0.29, 0.717) is 0 Å². The van der Waals surface area contributed by atoms with Crippen molar-refractivity contribution in [2.45, 2.75) is 0 Å². The zero-order valence-electron chi connectivity index (χ0n) is 22.3. The number of hydrogen-bond acceptors (Lipinski definition) is 1. The maximum Gasteiger partial charge on any atom is 0.143 e. The second kappa shape index (κ2) is 8.55. The molecule has 41 heavy (non-hydrogen) atoms. The van der Waals surface area contributed by atoms with E-state index in [-0.39, 0.29) is 0 Å². The normalized spacial score (nSPS) is 11.9. The second-order valence-corrected chi connectivity index (χ2v) is 10.9. The Bertz CT molecular complexity index is 2480. The lowest BCUT2D eigenvalue weighted by Crippen LogP contribution is -1.87. The molecule has 0 bridgehead atoms. The number of benzene rings is 8. The van der Waals surface area contributed by atoms with E-state index in [0.717, 1.165) is 33.1 Å². The van der Waals surface area contributed by atoms with Crippen molar-refractivity contribution in [2.24, 2.45) is 0 Å². The lowest BCUT2D eigenvalue weighted by Gasteiger charge is -2.14. The van der Waals surface area contributed by atoms with Gasteiger partial charge in [0.15, 0.2) is 0 Å². The molecule has 1 aromatic heterocycles. The highest BCUT2D eigenvalue weighted by molar-refractivity contribution is 6.23. The van der Waals surface area contributed by atoms with E-state index < -0.39 is 0 Å². The van der Waals surface area contributed by atoms with E-state index in [2.05, 4.69) is 133 Å². The van der Waals surface area contributed by atoms with Crippen molar-refractivity contribution in [3.05, 3.63) is 146 Å². The predicted octanol–water partition coefficient (Wildman–Crippen LogP) is 11.5. The lowest BCUT2D eigenvalue weighted by molar-refractivity contribution is 0.670. The molecule has 0 saturated carbocycles. The Balaban J connectivity index is 1.26. The van der Waals surface area contributed by atoms with Crippen molar-refractivity contribution in [3.8, 4) is 22.3 Å². The van der Waals surface area contributed by atoms with Gasteiger partial charge >= 0.3 is 0 Å². The minimum Gasteiger partial charge on any atom is -0.455 e. The third-order valence-electron chi connectivity index (χ3n) is 8.61. The van der Waals surface area contributed by atoms with Crippen molar-refractivity contribution in [3.63, 3.8) is 0 Å². The zero-order valence-corrected chi connectivity index (χ0v) is 22.3. The molecule has 0 unspecified atom stereocenters. The molecule has 1 nitrogen and oxygen atoms in total. The van der Waals surface area contributed by atoms with E-state index in [4.69, 9.17) is 4.42 Å². The Morgan fingerprint density at radius 2 is 0.976 bits per heavy atom. The quantitative estimate of drug-likeness (QED) is 0.207. The van der Waals surface area contributed by atoms with Gasteiger partial charge in [-0.3, -0.25) is 0 Å². The fourth-order valence-electron chi connectivity index (χ4n) is 6.67. The Morgan fingerprint density at radius 1 is 0.341 bits per heavy atom. The molecule has 0 radical (unpaired) electrons. The maximum absolute atomic E-state index is 6.36. The highest BCUT2D eigenvalue weighted by atomic mass is 16.3. The first kappa shape index (κ1) is 22.4. The van der Waals surface area contributed by atoms with Crippen LogP contribution in [-0.4, -0.2) is 0 Å². The van der Waals surface area contributed by atoms with Crippen LogP contribution >= 0.6 is 0 Å². The Labute approximate surface area is 236 Å². The molecule has 9 rings (SSSR count). The molecule has 0 aliphatic rings. The third kappa shape index (κ3) is 3.36. The van der Waals surface area contributed by atoms with Crippen molar-refractivity contribution >= 4 is 65.0 Å². The summed E-state index contributed by atoms with van der Waals surface area (Å²) >= 11 is 0. The van der Waals surface area contributed by atoms with Gasteiger partial charge in [-0.05, 0) is 84.0 Å². The van der Waals surface area contributed by atoms with Gasteiger partial charge in [0.2, 0.25) is 0 Å². The first-order valence-corrected chi connectivity index (χ1v) is 14.1. The van der Waals surface area contributed by atoms with Crippen LogP contribution in [0.25, 0.3) is 87.3 Å². The van der Waals surface area contributed by atoms with Gasteiger partial charge in [0.1, 0.15) is 11.2 Å². The number of para-hydroxylation sites is 2. The van der Waals surface area contributed by atoms with Crippen LogP contribution < -0.4 is 0 Å². The summed E-state index contributed by atoms with van der Waals surface area (Å²) in [5, 5.41) is 12.5. The highest BCUT2D eigenvalue weighted by Crippen LogP contribution is 2.40. The fourth-order valence-corrected chi connectivity index (χ4v) is 6.67. The van der Waals surface area contributed by atoms with Gasteiger partial charge in [-0.25, -0.2) is 0 Å². The van der Waals surface area contributed by atoms with Crippen molar-refractivity contribution in [2.75, 3.05) is 0 Å². The standard InChI is InChI=1S/C40H24O/c1-2-9-31-26(8-1)18-21-29-24-37(33-10-3-4-12-35(33)39(29)31)28-20-17-25-16-19-27(22-30(25)23-28)32-13-7-14-36-34-11-5-6-15-38(34)41-40(32)36/h1-24H. The van der Waals surface area contributed by atoms with Crippen LogP contribution in [0.3, 0.4) is 0 Å². The van der Waals surface area contributed by atoms with Crippen LogP contribution in [0, 0.1) is 0 Å². The molecule has 0 aliphatic carbocycles. The van der Waals surface area contributed by atoms with Gasteiger partial charge in [-0.15, -0.1) is 0 Å². The first-order valence-electron chi connectivity index (χ1n) is 14.1. The van der Waals surface area contributed by atoms with E-state index in [1.807, 2.05) is 12.1 Å². The van der Waals surface area contributed by atoms with Crippen LogP contribution in [-0.2, 0) is 0 Å². The minimum absolute atomic E-state index is 0.925. The summed E-state index contributed by atoms with van der Waals surface area (Å²) < 4.78 is 6.36. The van der Waals surface area contributed by atoms with Gasteiger partial charge in [-0.1, -0.05) is 121 Å². The topological polar surface area (TPSA) is 13.1 Å². The summed E-state index contributed by atoms with van der Waals surface area (Å²) in [4.78, 5) is 0. The molecule has 0 N–H and O–H groups in total. The monoisotopic (exact) mass is 520 g/mol. The average Bonchev–Trinajstić information content (AvgIpc) is 3.42. The highest BCUT2D eigenvalue weighted by Gasteiger charge is 2.14. The molecular formula is C40H24O. The zero-order chi connectivity index (χ0) is 26.9. The SMILES string of the molecule is c1ccc2c(c1)ccc1cc(-c3ccc4ccc(-c5cccc6c5oc5ccccc56)cc4c3)c3ccccc3c12. The Kier molecular flexibility index (Phi) is 4.67. The summed E-state index contributed by atoms with van der Waals surface area (Å²) in [6.45, 7) is 0. The summed E-state index contributed by atoms with van der Waals surface area (Å²) in [7, 11) is 0. The molecule has 8 aromatic carbocycles. The predicted molar refractivity (Wildman–Crippen MR) is 175 cm³/mol. The molecule has 1 heterocycles. The molecule has 1 heteroatoms. The third-order valence-corrected chi connectivity index (χ3v) is 8.61. The minimum atomic E-state index is 0.925. The molecule has 0 atom stereocenters. The van der Waals surface area contributed by atoms with Gasteiger partial charge in [0, 0.05) is 16.3 Å². The number of fused-ring (bicyclic) bond motifs is 9. The molecule has 0 spiro atoms. The molecule has 0 aliphatic heterocycles. The second-order valence-electron chi connectivity index (χ2n) is 10.9. The van der Waals surface area contributed by atoms with Crippen molar-refractivity contribution < 1.29 is 4.42 Å². The van der Waals surface area contributed by atoms with Crippen molar-refractivity contribution in [1.29, 1.82) is 0 Å². The number of hydrogen-bond donors (Lipinski definition) is 0. The van der Waals surface area contributed by atoms with Crippen molar-refractivity contribution in [1.82, 2.24) is 0 Å². The first-order chi connectivity index (χ1) is 20.3. The summed E-state index contributed by atoms with van der Waals surface area (Å²) in [5.41, 5.74) is 6.63. The summed E-state index contributed by atoms with van der Waals surface area (Å²) in [5.74, 6) is 0. The smallest absolute Gasteiger partial charge is 0.143 e. The Morgan fingerprint density at radius 3 is 1.83 bits per heavy atom. The number of rotatable bonds is 2. The lowest BCUT2D eigenvalue weighted by atomic mass is 9.90. The van der Waals surface area contributed by atoms with Crippen LogP contribution in [0.4, 0.5) is 0 Å². The van der Waals surface area contributed by atoms with Crippen LogP contribution in [0.5, 0.6) is 0 Å². The molecule has 0 saturated heterocycles. The average molecular weight is 521 g/mol. The van der Waals surface area contributed by atoms with Crippen LogP contribution in [0.1, 0.15) is 0 Å². The van der Waals surface area contributed by atoms with Crippen LogP contribution in [0.2, 0.25) is 0 Å². The maximum atomic E-state index is 6.36. The van der Waals surface area contributed by atoms with Crippen LogP contribution in [0.15, 0.2) is 150 Å². The molecule has 0 fully saturated rings.